The second kappa shape index (κ2) is 36.5. The van der Waals surface area contributed by atoms with Crippen molar-refractivity contribution in [2.45, 2.75) is 96.7 Å². The van der Waals surface area contributed by atoms with Crippen molar-refractivity contribution < 1.29 is 105 Å². The third kappa shape index (κ3) is 18.6. The first-order chi connectivity index (χ1) is 53.6. The molecular weight excluding hydrogens is 1520 g/mol. The van der Waals surface area contributed by atoms with E-state index in [2.05, 4.69) is 31.2 Å². The molecule has 3 aliphatic heterocycles. The largest absolute Gasteiger partial charge is 0.524 e. The molecule has 10 N–H and O–H groups in total. The molecule has 0 bridgehead atoms. The highest BCUT2D eigenvalue weighted by atomic mass is 35.5. The van der Waals surface area contributed by atoms with Gasteiger partial charge in [-0.15, -0.1) is 23.2 Å². The van der Waals surface area contributed by atoms with Crippen molar-refractivity contribution in [3.05, 3.63) is 88.8 Å². The van der Waals surface area contributed by atoms with Gasteiger partial charge in [0, 0.05) is 135 Å². The number of ether oxygens (including phenoxy) is 8. The van der Waals surface area contributed by atoms with Crippen molar-refractivity contribution in [1.82, 2.24) is 40.6 Å². The summed E-state index contributed by atoms with van der Waals surface area (Å²) in [6, 6.07) is 6.72. The molecule has 7 atom stereocenters. The van der Waals surface area contributed by atoms with Gasteiger partial charge in [-0.25, -0.2) is 18.9 Å². The second-order valence-corrected chi connectivity index (χ2v) is 31.1. The lowest BCUT2D eigenvalue weighted by Gasteiger charge is -2.37. The van der Waals surface area contributed by atoms with E-state index in [9.17, 15) is 57.5 Å². The summed E-state index contributed by atoms with van der Waals surface area (Å²) < 4.78 is 62.0. The van der Waals surface area contributed by atoms with Crippen molar-refractivity contribution in [2.75, 3.05) is 160 Å². The van der Waals surface area contributed by atoms with Gasteiger partial charge in [-0.3, -0.25) is 48.2 Å². The Hall–Kier alpha value is -8.93. The molecule has 3 aromatic carbocycles. The number of H-pyrrole nitrogens is 2. The highest BCUT2D eigenvalue weighted by Crippen LogP contribution is 3.01. The molecule has 3 fully saturated rings. The van der Waals surface area contributed by atoms with E-state index in [-0.39, 0.29) is 156 Å². The zero-order chi connectivity index (χ0) is 80.4. The Morgan fingerprint density at radius 1 is 0.670 bits per heavy atom. The Labute approximate surface area is 656 Å². The first kappa shape index (κ1) is 84.0. The fourth-order valence-corrected chi connectivity index (χ4v) is 16.6. The van der Waals surface area contributed by atoms with E-state index in [1.807, 2.05) is 13.8 Å². The molecule has 3 aliphatic carbocycles. The molecule has 6 aliphatic rings. The zero-order valence-corrected chi connectivity index (χ0v) is 65.7. The SMILES string of the molecule is Cc1c[nH]c2c(OC(=O)N(C)CCN(C)C(=O)OCc3ccc(NC(=O)C(CCCNC(N)=O)NC(=O)C(NC(=O)CCOCCOCCOCCOCCOCCOCCN4C(=O)C=CC4=O)C(C)C)cc3)cc3c(c12)C(CCl)CN3C(=O)C12CC3(C(=O)N4CC(CCl)c5c4cc(OP(=O)(O)O)c4[nH]cc(C)c54)CC13C2. The fraction of sp³-hybridized carbons (Fsp3) is 0.547. The number of primary amides is 1. The number of rotatable bonds is 43. The minimum absolute atomic E-state index is 0.0221. The van der Waals surface area contributed by atoms with Gasteiger partial charge in [0.1, 0.15) is 18.7 Å². The highest BCUT2D eigenvalue weighted by molar-refractivity contribution is 7.46. The number of nitrogens with two attached hydrogens (primary N) is 1. The lowest BCUT2D eigenvalue weighted by Crippen LogP contribution is -2.54. The second-order valence-electron chi connectivity index (χ2n) is 29.3. The molecule has 11 amide bonds. The molecule has 608 valence electrons. The number of amides is 11. The fourth-order valence-electron chi connectivity index (χ4n) is 15.7. The number of aromatic nitrogens is 2. The number of nitrogens with zero attached hydrogens (tertiary/aromatic N) is 5. The van der Waals surface area contributed by atoms with Gasteiger partial charge in [-0.1, -0.05) is 26.0 Å². The van der Waals surface area contributed by atoms with Crippen LogP contribution >= 0.6 is 31.0 Å². The van der Waals surface area contributed by atoms with Crippen LogP contribution in [0.2, 0.25) is 0 Å². The maximum atomic E-state index is 15.2. The number of aryl methyl sites for hydroxylation is 2. The summed E-state index contributed by atoms with van der Waals surface area (Å²) in [4.78, 5) is 166. The van der Waals surface area contributed by atoms with Crippen LogP contribution in [0, 0.1) is 36.0 Å². The number of carbonyl (C=O) groups excluding carboxylic acids is 10. The molecule has 3 saturated carbocycles. The van der Waals surface area contributed by atoms with Crippen molar-refractivity contribution >= 4 is 129 Å². The topological polar surface area (TPSA) is 433 Å². The Kier molecular flexibility index (Phi) is 27.4. The molecule has 0 radical (unpaired) electrons. The quantitative estimate of drug-likeness (QED) is 0.00924. The number of carbonyl (C=O) groups is 10. The number of hydrogen-bond donors (Lipinski definition) is 9. The lowest BCUT2D eigenvalue weighted by atomic mass is 9.72. The van der Waals surface area contributed by atoms with Crippen LogP contribution < -0.4 is 46.1 Å². The number of aromatic amines is 2. The number of phosphoric ester groups is 1. The number of alkyl halides is 2. The summed E-state index contributed by atoms with van der Waals surface area (Å²) in [7, 11) is -1.98. The Morgan fingerprint density at radius 2 is 1.16 bits per heavy atom. The van der Waals surface area contributed by atoms with Crippen molar-refractivity contribution in [2.24, 2.45) is 27.9 Å². The van der Waals surface area contributed by atoms with Crippen molar-refractivity contribution in [3.8, 4) is 11.5 Å². The average Bonchev–Trinajstić information content (AvgIpc) is 1.39. The van der Waals surface area contributed by atoms with Gasteiger partial charge >= 0.3 is 26.0 Å². The molecule has 0 saturated heterocycles. The van der Waals surface area contributed by atoms with Crippen molar-refractivity contribution in [1.29, 1.82) is 0 Å². The monoisotopic (exact) mass is 1620 g/mol. The van der Waals surface area contributed by atoms with Crippen LogP contribution in [0.5, 0.6) is 11.5 Å². The van der Waals surface area contributed by atoms with E-state index in [4.69, 9.17) is 71.4 Å². The molecule has 11 rings (SSSR count). The summed E-state index contributed by atoms with van der Waals surface area (Å²) in [5.41, 5.74) is 9.12. The van der Waals surface area contributed by atoms with Crippen LogP contribution in [0.25, 0.3) is 21.8 Å². The molecule has 37 heteroatoms. The predicted molar refractivity (Wildman–Crippen MR) is 409 cm³/mol. The molecule has 1 spiro atoms. The van der Waals surface area contributed by atoms with Crippen LogP contribution in [0.4, 0.5) is 31.4 Å². The number of nitrogens with one attached hydrogen (secondary N) is 6. The zero-order valence-electron chi connectivity index (χ0n) is 63.3. The smallest absolute Gasteiger partial charge is 0.445 e. The highest BCUT2D eigenvalue weighted by Gasteiger charge is 3.01. The predicted octanol–water partition coefficient (Wildman–Crippen LogP) is 6.07. The van der Waals surface area contributed by atoms with Gasteiger partial charge in [0.05, 0.1) is 119 Å². The van der Waals surface area contributed by atoms with E-state index in [0.29, 0.717) is 111 Å². The van der Waals surface area contributed by atoms with Crippen LogP contribution in [-0.2, 0) is 77.9 Å². The normalized spacial score (nSPS) is 20.2. The summed E-state index contributed by atoms with van der Waals surface area (Å²) in [5.74, 6) is -3.17. The van der Waals surface area contributed by atoms with Gasteiger partial charge in [-0.2, -0.15) is 0 Å². The van der Waals surface area contributed by atoms with Gasteiger partial charge < -0.3 is 99.0 Å². The van der Waals surface area contributed by atoms with E-state index in [0.717, 1.165) is 32.5 Å². The maximum Gasteiger partial charge on any atom is 0.524 e. The number of benzene rings is 3. The van der Waals surface area contributed by atoms with Gasteiger partial charge in [0.25, 0.3) is 11.8 Å². The minimum atomic E-state index is -5.00. The third-order valence-electron chi connectivity index (χ3n) is 21.5. The number of phosphoric acid groups is 1. The molecular formula is C75H97Cl2N12O22P. The summed E-state index contributed by atoms with van der Waals surface area (Å²) in [6.07, 6.45) is 6.08. The Bertz CT molecular complexity index is 4420. The number of hydrogen-bond acceptors (Lipinski definition) is 20. The average molecular weight is 1620 g/mol. The third-order valence-corrected chi connectivity index (χ3v) is 22.7. The maximum absolute atomic E-state index is 15.2. The first-order valence-corrected chi connectivity index (χ1v) is 39.8. The van der Waals surface area contributed by atoms with Gasteiger partial charge in [-0.05, 0) is 91.8 Å². The molecule has 7 unspecified atom stereocenters. The number of imide groups is 1. The van der Waals surface area contributed by atoms with E-state index in [1.165, 1.54) is 42.1 Å². The standard InChI is InChI=1S/C75H97Cl2N12O22P/c1-44(2)63(84-56(90)15-20-103-22-24-105-26-28-107-30-31-108-29-27-106-25-23-104-21-19-87-57(91)13-14-58(87)92)67(94)83-51(8-7-16-79-70(78)97)66(93)82-50-11-9-47(10-12-50)40-109-71(98)85(5)17-18-86(6)72(99)110-54-32-52-61(59-45(3)36-80-64(54)59)48(34-76)38-88(52)68(95)73-41-74(43-75(73,74)42-73)69(96)89-39-49(35-77)62-53(89)33-55(111-112(100,101)102)65-60(62)46(4)37-81-65/h9-14,32-33,36-37,44,48-49,51,63,80-81H,7-8,15-31,34-35,38-43H2,1-6H3,(H,82,93)(H,83,94)(H,84,90)(H3,78,79,97)(H2,100,101,102). The number of fused-ring (bicyclic) bond motifs is 6. The van der Waals surface area contributed by atoms with Crippen molar-refractivity contribution in [3.63, 3.8) is 0 Å². The number of urea groups is 1. The van der Waals surface area contributed by atoms with E-state index in [1.54, 1.807) is 66.4 Å². The molecule has 5 heterocycles. The van der Waals surface area contributed by atoms with Crippen LogP contribution in [0.3, 0.4) is 0 Å². The number of anilines is 3. The Balaban J connectivity index is 0.593. The Morgan fingerprint density at radius 3 is 1.65 bits per heavy atom. The molecule has 34 nitrogen and oxygen atoms in total. The van der Waals surface area contributed by atoms with Crippen LogP contribution in [0.1, 0.15) is 92.0 Å². The van der Waals surface area contributed by atoms with Gasteiger partial charge in [0.15, 0.2) is 11.5 Å². The number of likely N-dealkylation sites (N-methyl/N-ethyl adjacent to an activating group) is 2. The van der Waals surface area contributed by atoms with Crippen LogP contribution in [-0.4, -0.2) is 251 Å². The summed E-state index contributed by atoms with van der Waals surface area (Å²) >= 11 is 13.3. The molecule has 112 heavy (non-hydrogen) atoms. The molecule has 5 aromatic rings. The first-order valence-electron chi connectivity index (χ1n) is 37.2. The van der Waals surface area contributed by atoms with E-state index < -0.39 is 72.1 Å². The number of halogens is 2. The summed E-state index contributed by atoms with van der Waals surface area (Å²) in [5, 5.41) is 12.2. The lowest BCUT2D eigenvalue weighted by molar-refractivity contribution is -0.138. The van der Waals surface area contributed by atoms with E-state index >= 15 is 4.79 Å². The van der Waals surface area contributed by atoms with Gasteiger partial charge in [0.2, 0.25) is 29.5 Å². The summed E-state index contributed by atoms with van der Waals surface area (Å²) in [6.45, 7) is 11.4. The molecule has 2 aromatic heterocycles. The van der Waals surface area contributed by atoms with Crippen LogP contribution in [0.15, 0.2) is 60.9 Å². The minimum Gasteiger partial charge on any atom is -0.445 e.